The molecule has 0 unspecified atom stereocenters. The maximum Gasteiger partial charge on any atom is 0.242 e. The van der Waals surface area contributed by atoms with Crippen LogP contribution in [-0.2, 0) is 16.6 Å². The van der Waals surface area contributed by atoms with Crippen LogP contribution < -0.4 is 5.32 Å². The highest BCUT2D eigenvalue weighted by molar-refractivity contribution is 7.89. The van der Waals surface area contributed by atoms with E-state index in [-0.39, 0.29) is 17.0 Å². The van der Waals surface area contributed by atoms with Crippen molar-refractivity contribution in [2.75, 3.05) is 14.1 Å². The highest BCUT2D eigenvalue weighted by atomic mass is 32.2. The quantitative estimate of drug-likeness (QED) is 0.921. The zero-order valence-corrected chi connectivity index (χ0v) is 12.8. The van der Waals surface area contributed by atoms with E-state index in [9.17, 15) is 12.8 Å². The van der Waals surface area contributed by atoms with Crippen molar-refractivity contribution in [3.8, 4) is 0 Å². The van der Waals surface area contributed by atoms with Crippen LogP contribution in [0.25, 0.3) is 0 Å². The summed E-state index contributed by atoms with van der Waals surface area (Å²) in [6.45, 7) is 6.17. The fourth-order valence-electron chi connectivity index (χ4n) is 1.42. The summed E-state index contributed by atoms with van der Waals surface area (Å²) in [7, 11) is -0.631. The minimum absolute atomic E-state index is 0.101. The number of nitrogens with one attached hydrogen (secondary N) is 1. The Kier molecular flexibility index (Phi) is 4.71. The minimum atomic E-state index is -3.53. The van der Waals surface area contributed by atoms with Crippen LogP contribution in [0.5, 0.6) is 0 Å². The van der Waals surface area contributed by atoms with E-state index in [0.717, 1.165) is 4.31 Å². The SMILES string of the molecule is CN(C)S(=O)(=O)c1ccc(F)c(CNC(C)(C)C)c1. The Balaban J connectivity index is 3.08. The van der Waals surface area contributed by atoms with Crippen molar-refractivity contribution >= 4 is 10.0 Å². The van der Waals surface area contributed by atoms with Gasteiger partial charge in [-0.25, -0.2) is 17.1 Å². The molecule has 0 spiro atoms. The second kappa shape index (κ2) is 5.56. The lowest BCUT2D eigenvalue weighted by Crippen LogP contribution is -2.35. The maximum atomic E-state index is 13.7. The number of benzene rings is 1. The van der Waals surface area contributed by atoms with E-state index >= 15 is 0 Å². The molecule has 0 aromatic heterocycles. The third-order valence-corrected chi connectivity index (χ3v) is 4.42. The molecule has 4 nitrogen and oxygen atoms in total. The fourth-order valence-corrected chi connectivity index (χ4v) is 2.37. The Morgan fingerprint density at radius 2 is 1.84 bits per heavy atom. The Bertz CT molecular complexity index is 548. The van der Waals surface area contributed by atoms with Gasteiger partial charge in [-0.1, -0.05) is 0 Å². The van der Waals surface area contributed by atoms with E-state index in [4.69, 9.17) is 0 Å². The fraction of sp³-hybridized carbons (Fsp3) is 0.538. The summed E-state index contributed by atoms with van der Waals surface area (Å²) in [5.41, 5.74) is 0.181. The van der Waals surface area contributed by atoms with E-state index in [2.05, 4.69) is 5.32 Å². The highest BCUT2D eigenvalue weighted by Gasteiger charge is 2.19. The predicted octanol–water partition coefficient (Wildman–Crippen LogP) is 1.96. The van der Waals surface area contributed by atoms with Gasteiger partial charge in [-0.05, 0) is 39.0 Å². The van der Waals surface area contributed by atoms with Crippen LogP contribution in [0.3, 0.4) is 0 Å². The van der Waals surface area contributed by atoms with E-state index in [1.807, 2.05) is 20.8 Å². The Labute approximate surface area is 114 Å². The van der Waals surface area contributed by atoms with Crippen molar-refractivity contribution in [2.24, 2.45) is 0 Å². The predicted molar refractivity (Wildman–Crippen MR) is 73.9 cm³/mol. The third kappa shape index (κ3) is 4.26. The topological polar surface area (TPSA) is 49.4 Å². The van der Waals surface area contributed by atoms with Crippen LogP contribution >= 0.6 is 0 Å². The molecule has 0 aliphatic carbocycles. The Morgan fingerprint density at radius 1 is 1.26 bits per heavy atom. The molecule has 6 heteroatoms. The van der Waals surface area contributed by atoms with Crippen LogP contribution in [0.1, 0.15) is 26.3 Å². The van der Waals surface area contributed by atoms with Gasteiger partial charge in [0.05, 0.1) is 4.90 Å². The van der Waals surface area contributed by atoms with Gasteiger partial charge in [0.25, 0.3) is 0 Å². The van der Waals surface area contributed by atoms with Gasteiger partial charge in [0.2, 0.25) is 10.0 Å². The molecule has 0 saturated heterocycles. The molecule has 0 aliphatic heterocycles. The minimum Gasteiger partial charge on any atom is -0.308 e. The molecule has 0 saturated carbocycles. The van der Waals surface area contributed by atoms with Gasteiger partial charge in [0.15, 0.2) is 0 Å². The standard InChI is InChI=1S/C13H21FN2O2S/c1-13(2,3)15-9-10-8-11(6-7-12(10)14)19(17,18)16(4)5/h6-8,15H,9H2,1-5H3. The number of hydrogen-bond acceptors (Lipinski definition) is 3. The zero-order chi connectivity index (χ0) is 14.8. The largest absolute Gasteiger partial charge is 0.308 e. The molecule has 0 fully saturated rings. The number of halogens is 1. The summed E-state index contributed by atoms with van der Waals surface area (Å²) in [4.78, 5) is 0.101. The van der Waals surface area contributed by atoms with Gasteiger partial charge in [0.1, 0.15) is 5.82 Å². The van der Waals surface area contributed by atoms with Crippen molar-refractivity contribution in [1.82, 2.24) is 9.62 Å². The lowest BCUT2D eigenvalue weighted by atomic mass is 10.1. The van der Waals surface area contributed by atoms with Crippen LogP contribution in [0, 0.1) is 5.82 Å². The van der Waals surface area contributed by atoms with Crippen molar-refractivity contribution in [3.05, 3.63) is 29.6 Å². The maximum absolute atomic E-state index is 13.7. The van der Waals surface area contributed by atoms with Gasteiger partial charge >= 0.3 is 0 Å². The van der Waals surface area contributed by atoms with Crippen molar-refractivity contribution in [1.29, 1.82) is 0 Å². The van der Waals surface area contributed by atoms with Crippen LogP contribution in [0.4, 0.5) is 4.39 Å². The number of rotatable bonds is 4. The summed E-state index contributed by atoms with van der Waals surface area (Å²) < 4.78 is 38.8. The molecule has 1 rings (SSSR count). The van der Waals surface area contributed by atoms with Crippen LogP contribution in [0.2, 0.25) is 0 Å². The van der Waals surface area contributed by atoms with Crippen molar-refractivity contribution < 1.29 is 12.8 Å². The average molecular weight is 288 g/mol. The molecule has 108 valence electrons. The molecular weight excluding hydrogens is 267 g/mol. The molecule has 0 aliphatic rings. The molecule has 19 heavy (non-hydrogen) atoms. The van der Waals surface area contributed by atoms with E-state index in [0.29, 0.717) is 5.56 Å². The monoisotopic (exact) mass is 288 g/mol. The molecule has 0 bridgehead atoms. The molecule has 1 aromatic carbocycles. The van der Waals surface area contributed by atoms with E-state index < -0.39 is 15.8 Å². The van der Waals surface area contributed by atoms with E-state index in [1.54, 1.807) is 0 Å². The van der Waals surface area contributed by atoms with Crippen LogP contribution in [-0.4, -0.2) is 32.4 Å². The van der Waals surface area contributed by atoms with Gasteiger partial charge in [0, 0.05) is 31.7 Å². The number of hydrogen-bond donors (Lipinski definition) is 1. The molecule has 0 atom stereocenters. The second-order valence-electron chi connectivity index (χ2n) is 5.64. The highest BCUT2D eigenvalue weighted by Crippen LogP contribution is 2.18. The second-order valence-corrected chi connectivity index (χ2v) is 7.80. The summed E-state index contributed by atoms with van der Waals surface area (Å²) in [5, 5.41) is 3.14. The summed E-state index contributed by atoms with van der Waals surface area (Å²) in [6.07, 6.45) is 0. The lowest BCUT2D eigenvalue weighted by molar-refractivity contribution is 0.418. The molecule has 0 radical (unpaired) electrons. The first kappa shape index (κ1) is 16.1. The lowest BCUT2D eigenvalue weighted by Gasteiger charge is -2.21. The first-order valence-corrected chi connectivity index (χ1v) is 7.44. The molecule has 1 aromatic rings. The van der Waals surface area contributed by atoms with Gasteiger partial charge in [-0.15, -0.1) is 0 Å². The summed E-state index contributed by atoms with van der Waals surface area (Å²) in [6, 6.07) is 3.85. The number of sulfonamides is 1. The molecule has 0 heterocycles. The first-order valence-electron chi connectivity index (χ1n) is 6.00. The number of nitrogens with zero attached hydrogens (tertiary/aromatic N) is 1. The Hall–Kier alpha value is -0.980. The van der Waals surface area contributed by atoms with Crippen molar-refractivity contribution in [3.63, 3.8) is 0 Å². The van der Waals surface area contributed by atoms with Gasteiger partial charge in [-0.3, -0.25) is 0 Å². The average Bonchev–Trinajstić information content (AvgIpc) is 2.26. The van der Waals surface area contributed by atoms with Crippen molar-refractivity contribution in [2.45, 2.75) is 37.8 Å². The van der Waals surface area contributed by atoms with Gasteiger partial charge < -0.3 is 5.32 Å². The van der Waals surface area contributed by atoms with E-state index in [1.165, 1.54) is 32.3 Å². The molecule has 1 N–H and O–H groups in total. The molecule has 0 amide bonds. The summed E-state index contributed by atoms with van der Waals surface area (Å²) in [5.74, 6) is -0.408. The summed E-state index contributed by atoms with van der Waals surface area (Å²) >= 11 is 0. The Morgan fingerprint density at radius 3 is 2.32 bits per heavy atom. The third-order valence-electron chi connectivity index (χ3n) is 2.60. The molecular formula is C13H21FN2O2S. The first-order chi connectivity index (χ1) is 8.54. The smallest absolute Gasteiger partial charge is 0.242 e. The van der Waals surface area contributed by atoms with Crippen LogP contribution in [0.15, 0.2) is 23.1 Å². The van der Waals surface area contributed by atoms with Gasteiger partial charge in [-0.2, -0.15) is 0 Å². The zero-order valence-electron chi connectivity index (χ0n) is 12.0. The normalized spacial score (nSPS) is 13.0.